The van der Waals surface area contributed by atoms with Gasteiger partial charge in [-0.15, -0.1) is 0 Å². The average Bonchev–Trinajstić information content (AvgIpc) is 3.33. The summed E-state index contributed by atoms with van der Waals surface area (Å²) in [4.78, 5) is 12.8. The SMILES string of the molecule is C[N@+]1(CC2CC2)CC[C@]23c4c5c(O)cc(O)c4O[C@H]2C(=O)CC[C@@]3(O)[C@H]1C5. The fourth-order valence-electron chi connectivity index (χ4n) is 7.01. The second kappa shape index (κ2) is 4.61. The van der Waals surface area contributed by atoms with E-state index in [4.69, 9.17) is 4.74 Å². The van der Waals surface area contributed by atoms with Crippen LogP contribution in [0.15, 0.2) is 6.07 Å². The van der Waals surface area contributed by atoms with Gasteiger partial charge in [0, 0.05) is 42.4 Å². The lowest BCUT2D eigenvalue weighted by molar-refractivity contribution is -0.950. The number of likely N-dealkylation sites (N-methyl/N-ethyl adjacent to an activating group) is 1. The maximum atomic E-state index is 12.8. The first-order valence-electron chi connectivity index (χ1n) is 10.1. The number of rotatable bonds is 2. The summed E-state index contributed by atoms with van der Waals surface area (Å²) in [7, 11) is 2.23. The molecule has 3 aliphatic carbocycles. The van der Waals surface area contributed by atoms with Crippen molar-refractivity contribution in [1.29, 1.82) is 0 Å². The smallest absolute Gasteiger partial charge is 0.174 e. The third-order valence-corrected chi connectivity index (χ3v) is 8.38. The molecule has 1 aromatic carbocycles. The fraction of sp³-hybridized carbons (Fsp3) is 0.667. The Morgan fingerprint density at radius 2 is 2.04 bits per heavy atom. The first kappa shape index (κ1) is 16.2. The topological polar surface area (TPSA) is 87.0 Å². The third kappa shape index (κ3) is 1.68. The highest BCUT2D eigenvalue weighted by molar-refractivity contribution is 5.90. The lowest BCUT2D eigenvalue weighted by Crippen LogP contribution is -2.80. The van der Waals surface area contributed by atoms with Crippen LogP contribution in [0, 0.1) is 5.92 Å². The Labute approximate surface area is 158 Å². The molecular weight excluding hydrogens is 346 g/mol. The number of piperidine rings is 1. The minimum atomic E-state index is -1.05. The van der Waals surface area contributed by atoms with Crippen molar-refractivity contribution >= 4 is 5.78 Å². The highest BCUT2D eigenvalue weighted by atomic mass is 16.5. The van der Waals surface area contributed by atoms with Gasteiger partial charge in [-0.2, -0.15) is 0 Å². The summed E-state index contributed by atoms with van der Waals surface area (Å²) in [6.45, 7) is 1.93. The van der Waals surface area contributed by atoms with E-state index in [1.165, 1.54) is 18.9 Å². The number of hydrogen-bond acceptors (Lipinski definition) is 5. The molecule has 0 radical (unpaired) electrons. The summed E-state index contributed by atoms with van der Waals surface area (Å²) in [6.07, 6.45) is 3.70. The number of likely N-dealkylation sites (tertiary alicyclic amines) is 1. The second-order valence-electron chi connectivity index (χ2n) is 9.76. The molecule has 6 rings (SSSR count). The molecule has 6 heteroatoms. The van der Waals surface area contributed by atoms with Crippen LogP contribution in [0.5, 0.6) is 17.2 Å². The van der Waals surface area contributed by atoms with Gasteiger partial charge in [-0.05, 0) is 19.3 Å². The van der Waals surface area contributed by atoms with Crippen molar-refractivity contribution in [1.82, 2.24) is 0 Å². The van der Waals surface area contributed by atoms with E-state index in [9.17, 15) is 20.1 Å². The molecule has 3 fully saturated rings. The van der Waals surface area contributed by atoms with Crippen LogP contribution in [0.25, 0.3) is 0 Å². The van der Waals surface area contributed by atoms with Crippen LogP contribution in [0.2, 0.25) is 0 Å². The number of aromatic hydroxyl groups is 2. The quantitative estimate of drug-likeness (QED) is 0.683. The van der Waals surface area contributed by atoms with Crippen molar-refractivity contribution in [2.45, 2.75) is 61.7 Å². The number of hydrogen-bond donors (Lipinski definition) is 3. The summed E-state index contributed by atoms with van der Waals surface area (Å²) in [5, 5.41) is 33.2. The number of nitrogens with zero attached hydrogens (tertiary/aromatic N) is 1. The molecule has 0 amide bonds. The van der Waals surface area contributed by atoms with Gasteiger partial charge in [0.15, 0.2) is 23.4 Å². The number of phenolic OH excluding ortho intramolecular Hbond substituents is 2. The van der Waals surface area contributed by atoms with Gasteiger partial charge in [-0.25, -0.2) is 0 Å². The van der Waals surface area contributed by atoms with Gasteiger partial charge >= 0.3 is 0 Å². The van der Waals surface area contributed by atoms with E-state index in [1.807, 2.05) is 0 Å². The summed E-state index contributed by atoms with van der Waals surface area (Å²) in [6, 6.07) is 1.26. The number of phenols is 2. The summed E-state index contributed by atoms with van der Waals surface area (Å²) in [5.41, 5.74) is -0.427. The zero-order valence-corrected chi connectivity index (χ0v) is 15.6. The summed E-state index contributed by atoms with van der Waals surface area (Å²) < 4.78 is 6.82. The van der Waals surface area contributed by atoms with E-state index in [-0.39, 0.29) is 23.3 Å². The second-order valence-corrected chi connectivity index (χ2v) is 9.76. The van der Waals surface area contributed by atoms with Crippen LogP contribution in [-0.4, -0.2) is 63.5 Å². The molecule has 27 heavy (non-hydrogen) atoms. The van der Waals surface area contributed by atoms with Crippen molar-refractivity contribution < 1.29 is 29.3 Å². The highest BCUT2D eigenvalue weighted by Crippen LogP contribution is 2.67. The van der Waals surface area contributed by atoms with Crippen LogP contribution in [-0.2, 0) is 16.6 Å². The Bertz CT molecular complexity index is 895. The lowest BCUT2D eigenvalue weighted by atomic mass is 9.48. The van der Waals surface area contributed by atoms with Crippen molar-refractivity contribution in [2.24, 2.45) is 5.92 Å². The molecule has 2 aliphatic heterocycles. The minimum Gasteiger partial charge on any atom is -0.508 e. The van der Waals surface area contributed by atoms with Gasteiger partial charge in [0.25, 0.3) is 0 Å². The molecule has 1 saturated heterocycles. The Balaban J connectivity index is 1.63. The zero-order chi connectivity index (χ0) is 18.8. The lowest BCUT2D eigenvalue weighted by Gasteiger charge is -2.64. The van der Waals surface area contributed by atoms with Crippen molar-refractivity contribution in [3.05, 3.63) is 17.2 Å². The average molecular weight is 372 g/mol. The molecule has 3 N–H and O–H groups in total. The highest BCUT2D eigenvalue weighted by Gasteiger charge is 2.76. The Hall–Kier alpha value is -1.79. The largest absolute Gasteiger partial charge is 0.508 e. The van der Waals surface area contributed by atoms with Crippen molar-refractivity contribution in [3.63, 3.8) is 0 Å². The van der Waals surface area contributed by atoms with E-state index < -0.39 is 17.1 Å². The first-order chi connectivity index (χ1) is 12.8. The molecule has 2 heterocycles. The normalized spacial score (nSPS) is 44.0. The number of ketones is 1. The van der Waals surface area contributed by atoms with Gasteiger partial charge < -0.3 is 24.5 Å². The van der Waals surface area contributed by atoms with Gasteiger partial charge in [0.2, 0.25) is 0 Å². The number of quaternary nitrogens is 1. The number of benzene rings is 1. The number of Topliss-reactive ketones (excluding diaryl/α,β-unsaturated/α-hetero) is 1. The molecule has 5 aliphatic rings. The van der Waals surface area contributed by atoms with Crippen molar-refractivity contribution in [3.8, 4) is 17.2 Å². The maximum Gasteiger partial charge on any atom is 0.174 e. The van der Waals surface area contributed by atoms with Crippen LogP contribution in [0.3, 0.4) is 0 Å². The summed E-state index contributed by atoms with van der Waals surface area (Å²) >= 11 is 0. The van der Waals surface area contributed by atoms with Gasteiger partial charge in [-0.3, -0.25) is 4.79 Å². The molecule has 1 aromatic rings. The van der Waals surface area contributed by atoms with Gasteiger partial charge in [0.1, 0.15) is 17.4 Å². The molecule has 0 aromatic heterocycles. The van der Waals surface area contributed by atoms with Gasteiger partial charge in [-0.1, -0.05) is 0 Å². The fourth-order valence-corrected chi connectivity index (χ4v) is 7.01. The number of aliphatic hydroxyl groups is 1. The number of carbonyl (C=O) groups excluding carboxylic acids is 1. The molecule has 6 nitrogen and oxygen atoms in total. The predicted octanol–water partition coefficient (Wildman–Crippen LogP) is 1.38. The minimum absolute atomic E-state index is 0.000314. The molecular formula is C21H26NO5+. The van der Waals surface area contributed by atoms with E-state index in [0.29, 0.717) is 37.0 Å². The predicted molar refractivity (Wildman–Crippen MR) is 95.8 cm³/mol. The monoisotopic (exact) mass is 372 g/mol. The maximum absolute atomic E-state index is 12.8. The van der Waals surface area contributed by atoms with E-state index in [0.717, 1.165) is 29.1 Å². The third-order valence-electron chi connectivity index (χ3n) is 8.38. The van der Waals surface area contributed by atoms with Crippen LogP contribution < -0.4 is 4.74 Å². The molecule has 144 valence electrons. The first-order valence-corrected chi connectivity index (χ1v) is 10.1. The zero-order valence-electron chi connectivity index (χ0n) is 15.6. The molecule has 1 spiro atoms. The molecule has 5 atom stereocenters. The van der Waals surface area contributed by atoms with Gasteiger partial charge in [0.05, 0.1) is 25.6 Å². The van der Waals surface area contributed by atoms with Crippen LogP contribution in [0.4, 0.5) is 0 Å². The Morgan fingerprint density at radius 3 is 2.78 bits per heavy atom. The van der Waals surface area contributed by atoms with Crippen LogP contribution >= 0.6 is 0 Å². The van der Waals surface area contributed by atoms with E-state index in [2.05, 4.69) is 7.05 Å². The van der Waals surface area contributed by atoms with E-state index in [1.54, 1.807) is 0 Å². The summed E-state index contributed by atoms with van der Waals surface area (Å²) in [5.74, 6) is 0.945. The Kier molecular flexibility index (Phi) is 2.76. The molecule has 2 bridgehead atoms. The molecule has 0 unspecified atom stereocenters. The molecule has 2 saturated carbocycles. The number of ether oxygens (including phenoxy) is 1. The van der Waals surface area contributed by atoms with Crippen LogP contribution in [0.1, 0.15) is 43.2 Å². The van der Waals surface area contributed by atoms with E-state index >= 15 is 0 Å². The Morgan fingerprint density at radius 1 is 1.26 bits per heavy atom. The number of carbonyl (C=O) groups is 1. The standard InChI is InChI=1S/C21H25NO5/c1-22(10-11-2-3-11)7-6-20-17-12-8-16(22)21(20,26)5-4-13(23)19(20)27-18(17)15(25)9-14(12)24/h9,11,16,19,26H,2-8,10H2,1H3,(H-,24,25)/p+1/t16-,19+,20+,21-,22-/m1/s1. The van der Waals surface area contributed by atoms with Crippen molar-refractivity contribution in [2.75, 3.05) is 20.1 Å².